The van der Waals surface area contributed by atoms with E-state index in [1.165, 1.54) is 24.3 Å². The molecule has 0 radical (unpaired) electrons. The van der Waals surface area contributed by atoms with Crippen LogP contribution < -0.4 is 10.6 Å². The summed E-state index contributed by atoms with van der Waals surface area (Å²) in [5, 5.41) is 5.68. The second-order valence-corrected chi connectivity index (χ2v) is 14.8. The van der Waals surface area contributed by atoms with Gasteiger partial charge in [-0.05, 0) is 72.7 Å². The van der Waals surface area contributed by atoms with Crippen LogP contribution in [0, 0.1) is 11.3 Å². The molecule has 7 rings (SSSR count). The number of anilines is 2. The maximum absolute atomic E-state index is 12.9. The second-order valence-electron chi connectivity index (χ2n) is 14.8. The molecule has 2 aromatic carbocycles. The monoisotopic (exact) mass is 762 g/mol. The lowest BCUT2D eigenvalue weighted by Crippen LogP contribution is -2.20. The zero-order valence-electron chi connectivity index (χ0n) is 30.4. The highest BCUT2D eigenvalue weighted by atomic mass is 19.4. The van der Waals surface area contributed by atoms with E-state index in [1.54, 1.807) is 45.5 Å². The number of nitrogens with zero attached hydrogens (tertiary/aromatic N) is 4. The summed E-state index contributed by atoms with van der Waals surface area (Å²) in [4.78, 5) is 33.8. The molecular weight excluding hydrogens is 722 g/mol. The van der Waals surface area contributed by atoms with E-state index in [1.807, 2.05) is 32.9 Å². The molecule has 1 saturated carbocycles. The Balaban J connectivity index is 0.000000187. The molecule has 2 N–H and O–H groups in total. The van der Waals surface area contributed by atoms with Crippen LogP contribution in [-0.4, -0.2) is 30.6 Å². The van der Waals surface area contributed by atoms with E-state index < -0.39 is 23.5 Å². The molecule has 0 atom stereocenters. The van der Waals surface area contributed by atoms with Gasteiger partial charge in [0.15, 0.2) is 11.6 Å². The molecule has 0 unspecified atom stereocenters. The molecule has 55 heavy (non-hydrogen) atoms. The summed E-state index contributed by atoms with van der Waals surface area (Å²) < 4.78 is 80.7. The maximum atomic E-state index is 12.9. The van der Waals surface area contributed by atoms with Gasteiger partial charge in [0.2, 0.25) is 11.8 Å². The van der Waals surface area contributed by atoms with Crippen molar-refractivity contribution < 1.29 is 35.9 Å². The Morgan fingerprint density at radius 2 is 1.05 bits per heavy atom. The SMILES string of the molecule is CC(C)(C)CC(=O)Nc1nc2ccccn2c1-c1ccc(C(F)(F)F)cc1.O=C(CC1CCCC1)Nc1nc2ccccn2c1-c1ccc(C(F)(F)F)cc1. The van der Waals surface area contributed by atoms with Crippen LogP contribution in [0.2, 0.25) is 0 Å². The highest BCUT2D eigenvalue weighted by molar-refractivity contribution is 5.95. The van der Waals surface area contributed by atoms with E-state index in [4.69, 9.17) is 0 Å². The summed E-state index contributed by atoms with van der Waals surface area (Å²) in [6.07, 6.45) is -0.0800. The fourth-order valence-corrected chi connectivity index (χ4v) is 6.67. The van der Waals surface area contributed by atoms with E-state index in [2.05, 4.69) is 20.6 Å². The minimum absolute atomic E-state index is 0.108. The van der Waals surface area contributed by atoms with Crippen molar-refractivity contribution >= 4 is 34.7 Å². The average molecular weight is 763 g/mol. The van der Waals surface area contributed by atoms with Crippen molar-refractivity contribution in [3.05, 3.63) is 108 Å². The largest absolute Gasteiger partial charge is 0.416 e. The van der Waals surface area contributed by atoms with E-state index in [0.29, 0.717) is 64.2 Å². The molecule has 2 amide bonds. The minimum Gasteiger partial charge on any atom is -0.309 e. The van der Waals surface area contributed by atoms with Crippen molar-refractivity contribution in [1.29, 1.82) is 0 Å². The zero-order valence-corrected chi connectivity index (χ0v) is 30.4. The Morgan fingerprint density at radius 3 is 1.45 bits per heavy atom. The molecule has 0 saturated heterocycles. The van der Waals surface area contributed by atoms with Crippen LogP contribution >= 0.6 is 0 Å². The first-order valence-corrected chi connectivity index (χ1v) is 17.9. The van der Waals surface area contributed by atoms with Crippen molar-refractivity contribution in [3.63, 3.8) is 0 Å². The molecule has 4 aromatic heterocycles. The third-order valence-electron chi connectivity index (χ3n) is 9.19. The summed E-state index contributed by atoms with van der Waals surface area (Å²) in [6.45, 7) is 5.85. The van der Waals surface area contributed by atoms with Gasteiger partial charge in [0, 0.05) is 36.4 Å². The molecule has 288 valence electrons. The zero-order chi connectivity index (χ0) is 39.5. The summed E-state index contributed by atoms with van der Waals surface area (Å²) in [7, 11) is 0. The summed E-state index contributed by atoms with van der Waals surface area (Å²) >= 11 is 0. The summed E-state index contributed by atoms with van der Waals surface area (Å²) in [6, 6.07) is 20.5. The average Bonchev–Trinajstić information content (AvgIpc) is 3.84. The summed E-state index contributed by atoms with van der Waals surface area (Å²) in [5.41, 5.74) is 1.79. The van der Waals surface area contributed by atoms with Gasteiger partial charge in [0.25, 0.3) is 0 Å². The smallest absolute Gasteiger partial charge is 0.309 e. The number of hydrogen-bond donors (Lipinski definition) is 2. The Morgan fingerprint density at radius 1 is 0.636 bits per heavy atom. The molecule has 4 heterocycles. The molecule has 0 bridgehead atoms. The van der Waals surface area contributed by atoms with Gasteiger partial charge in [-0.25, -0.2) is 9.97 Å². The molecular formula is C41H40F6N6O2. The van der Waals surface area contributed by atoms with Crippen LogP contribution in [0.1, 0.15) is 70.4 Å². The van der Waals surface area contributed by atoms with E-state index in [-0.39, 0.29) is 17.2 Å². The molecule has 0 spiro atoms. The standard InChI is InChI=1S/C21H20F3N3O.C20H20F3N3O/c22-21(23,24)16-10-8-15(9-11-16)19-20(25-17-7-3-4-12-27(17)19)26-18(28)13-14-5-1-2-6-14;1-19(2,3)12-16(27)25-18-17(26-11-5-4-6-15(26)24-18)13-7-9-14(10-8-13)20(21,22)23/h3-4,7-12,14H,1-2,5-6,13H2,(H,26,28);4-11H,12H2,1-3H3,(H,25,27). The molecule has 14 heteroatoms. The molecule has 0 aliphatic heterocycles. The number of hydrogen-bond acceptors (Lipinski definition) is 4. The maximum Gasteiger partial charge on any atom is 0.416 e. The number of fused-ring (bicyclic) bond motifs is 2. The van der Waals surface area contributed by atoms with Crippen molar-refractivity contribution in [3.8, 4) is 22.5 Å². The number of rotatable bonds is 7. The number of carbonyl (C=O) groups is 2. The molecule has 8 nitrogen and oxygen atoms in total. The lowest BCUT2D eigenvalue weighted by Gasteiger charge is -2.17. The third-order valence-corrected chi connectivity index (χ3v) is 9.19. The van der Waals surface area contributed by atoms with Crippen LogP contribution in [0.3, 0.4) is 0 Å². The number of aromatic nitrogens is 4. The highest BCUT2D eigenvalue weighted by Crippen LogP contribution is 2.36. The normalized spacial score (nSPS) is 13.8. The third kappa shape index (κ3) is 9.53. The van der Waals surface area contributed by atoms with Crippen LogP contribution in [0.5, 0.6) is 0 Å². The Labute approximate surface area is 313 Å². The predicted molar refractivity (Wildman–Crippen MR) is 199 cm³/mol. The van der Waals surface area contributed by atoms with Crippen molar-refractivity contribution in [2.24, 2.45) is 11.3 Å². The van der Waals surface area contributed by atoms with Crippen LogP contribution in [0.25, 0.3) is 33.8 Å². The second kappa shape index (κ2) is 15.6. The van der Waals surface area contributed by atoms with Gasteiger partial charge in [-0.1, -0.05) is 70.0 Å². The number of benzene rings is 2. The van der Waals surface area contributed by atoms with Gasteiger partial charge in [0.05, 0.1) is 22.5 Å². The van der Waals surface area contributed by atoms with E-state index >= 15 is 0 Å². The number of carbonyl (C=O) groups excluding carboxylic acids is 2. The van der Waals surface area contributed by atoms with Gasteiger partial charge in [-0.3, -0.25) is 18.4 Å². The Hall–Kier alpha value is -5.66. The number of pyridine rings is 2. The fourth-order valence-electron chi connectivity index (χ4n) is 6.67. The van der Waals surface area contributed by atoms with Gasteiger partial charge in [-0.2, -0.15) is 26.3 Å². The number of amides is 2. The van der Waals surface area contributed by atoms with Gasteiger partial charge >= 0.3 is 12.4 Å². The van der Waals surface area contributed by atoms with Crippen molar-refractivity contribution in [2.75, 3.05) is 10.6 Å². The first-order chi connectivity index (χ1) is 26.0. The Bertz CT molecular complexity index is 2280. The predicted octanol–water partition coefficient (Wildman–Crippen LogP) is 10.9. The molecule has 1 aliphatic carbocycles. The quantitative estimate of drug-likeness (QED) is 0.158. The van der Waals surface area contributed by atoms with Gasteiger partial charge in [0.1, 0.15) is 11.3 Å². The lowest BCUT2D eigenvalue weighted by atomic mass is 9.92. The number of imidazole rings is 2. The fraction of sp³-hybridized carbons (Fsp3) is 0.317. The lowest BCUT2D eigenvalue weighted by molar-refractivity contribution is -0.138. The molecule has 6 aromatic rings. The van der Waals surface area contributed by atoms with Crippen LogP contribution in [0.15, 0.2) is 97.3 Å². The van der Waals surface area contributed by atoms with Crippen molar-refractivity contribution in [1.82, 2.24) is 18.8 Å². The topological polar surface area (TPSA) is 92.8 Å². The number of nitrogens with one attached hydrogen (secondary N) is 2. The molecule has 1 fully saturated rings. The van der Waals surface area contributed by atoms with Gasteiger partial charge < -0.3 is 10.6 Å². The van der Waals surface area contributed by atoms with Crippen molar-refractivity contribution in [2.45, 2.75) is 71.6 Å². The first kappa shape index (κ1) is 39.0. The van der Waals surface area contributed by atoms with Gasteiger partial charge in [-0.15, -0.1) is 0 Å². The highest BCUT2D eigenvalue weighted by Gasteiger charge is 2.31. The van der Waals surface area contributed by atoms with E-state index in [9.17, 15) is 35.9 Å². The molecule has 1 aliphatic rings. The summed E-state index contributed by atoms with van der Waals surface area (Å²) in [5.74, 6) is 0.790. The van der Waals surface area contributed by atoms with Crippen LogP contribution in [-0.2, 0) is 21.9 Å². The number of halogens is 6. The minimum atomic E-state index is -4.40. The Kier molecular flexibility index (Phi) is 11.1. The van der Waals surface area contributed by atoms with E-state index in [0.717, 1.165) is 49.9 Å². The van der Waals surface area contributed by atoms with Crippen LogP contribution in [0.4, 0.5) is 38.0 Å². The first-order valence-electron chi connectivity index (χ1n) is 17.9. The number of alkyl halides is 6.